The van der Waals surface area contributed by atoms with Crippen LogP contribution in [0.3, 0.4) is 0 Å². The van der Waals surface area contributed by atoms with Crippen LogP contribution >= 0.6 is 0 Å². The van der Waals surface area contributed by atoms with Crippen molar-refractivity contribution in [2.75, 3.05) is 40.3 Å². The van der Waals surface area contributed by atoms with Crippen molar-refractivity contribution in [3.8, 4) is 0 Å². The Morgan fingerprint density at radius 3 is 2.55 bits per heavy atom. The number of nitrogens with zero attached hydrogens (tertiary/aromatic N) is 3. The molecule has 156 valence electrons. The van der Waals surface area contributed by atoms with E-state index in [1.165, 1.54) is 16.3 Å². The third-order valence-corrected chi connectivity index (χ3v) is 5.36. The fourth-order valence-corrected chi connectivity index (χ4v) is 3.59. The van der Waals surface area contributed by atoms with Crippen LogP contribution in [-0.2, 0) is 11.3 Å². The molecule has 0 aliphatic carbocycles. The zero-order valence-corrected chi connectivity index (χ0v) is 17.8. The first kappa shape index (κ1) is 21.1. The minimum Gasteiger partial charge on any atom is -0.357 e. The van der Waals surface area contributed by atoms with Gasteiger partial charge in [-0.1, -0.05) is 36.4 Å². The van der Waals surface area contributed by atoms with Crippen molar-refractivity contribution >= 4 is 22.6 Å². The molecule has 0 atom stereocenters. The molecule has 1 aliphatic rings. The van der Waals surface area contributed by atoms with E-state index in [0.29, 0.717) is 19.1 Å². The van der Waals surface area contributed by atoms with E-state index in [4.69, 9.17) is 4.99 Å². The SMILES string of the molecule is CCNC(=NCc1ccc2ccccc2c1)NC1CCN(CC(=O)N(C)C)CC1. The van der Waals surface area contributed by atoms with Gasteiger partial charge in [0, 0.05) is 39.8 Å². The van der Waals surface area contributed by atoms with Crippen molar-refractivity contribution in [2.45, 2.75) is 32.4 Å². The Morgan fingerprint density at radius 2 is 1.86 bits per heavy atom. The van der Waals surface area contributed by atoms with Crippen molar-refractivity contribution in [2.24, 2.45) is 4.99 Å². The fraction of sp³-hybridized carbons (Fsp3) is 0.478. The average molecular weight is 396 g/mol. The lowest BCUT2D eigenvalue weighted by Crippen LogP contribution is -2.50. The van der Waals surface area contributed by atoms with E-state index in [1.54, 1.807) is 4.90 Å². The topological polar surface area (TPSA) is 60.0 Å². The summed E-state index contributed by atoms with van der Waals surface area (Å²) in [5.41, 5.74) is 1.21. The summed E-state index contributed by atoms with van der Waals surface area (Å²) in [5.74, 6) is 1.03. The van der Waals surface area contributed by atoms with Gasteiger partial charge in [0.15, 0.2) is 5.96 Å². The molecule has 0 saturated carbocycles. The predicted octanol–water partition coefficient (Wildman–Crippen LogP) is 2.45. The molecule has 1 saturated heterocycles. The number of amides is 1. The molecule has 29 heavy (non-hydrogen) atoms. The summed E-state index contributed by atoms with van der Waals surface area (Å²) >= 11 is 0. The Kier molecular flexibility index (Phi) is 7.47. The molecule has 1 aliphatic heterocycles. The van der Waals surface area contributed by atoms with Crippen LogP contribution in [0.4, 0.5) is 0 Å². The molecular weight excluding hydrogens is 362 g/mol. The molecule has 0 unspecified atom stereocenters. The summed E-state index contributed by atoms with van der Waals surface area (Å²) in [4.78, 5) is 20.6. The second-order valence-electron chi connectivity index (χ2n) is 7.86. The van der Waals surface area contributed by atoms with Crippen LogP contribution in [0.2, 0.25) is 0 Å². The van der Waals surface area contributed by atoms with Gasteiger partial charge in [-0.3, -0.25) is 9.69 Å². The lowest BCUT2D eigenvalue weighted by molar-refractivity contribution is -0.130. The van der Waals surface area contributed by atoms with Crippen molar-refractivity contribution in [3.05, 3.63) is 48.0 Å². The summed E-state index contributed by atoms with van der Waals surface area (Å²) in [5, 5.41) is 9.44. The van der Waals surface area contributed by atoms with E-state index in [-0.39, 0.29) is 5.91 Å². The molecule has 0 aromatic heterocycles. The highest BCUT2D eigenvalue weighted by Gasteiger charge is 2.22. The van der Waals surface area contributed by atoms with E-state index in [2.05, 4.69) is 64.9 Å². The summed E-state index contributed by atoms with van der Waals surface area (Å²) in [7, 11) is 3.62. The maximum Gasteiger partial charge on any atom is 0.236 e. The number of rotatable bonds is 6. The molecule has 2 aromatic carbocycles. The lowest BCUT2D eigenvalue weighted by atomic mass is 10.1. The van der Waals surface area contributed by atoms with E-state index in [9.17, 15) is 4.79 Å². The number of hydrogen-bond donors (Lipinski definition) is 2. The van der Waals surface area contributed by atoms with Gasteiger partial charge in [0.2, 0.25) is 5.91 Å². The number of nitrogens with one attached hydrogen (secondary N) is 2. The largest absolute Gasteiger partial charge is 0.357 e. The monoisotopic (exact) mass is 395 g/mol. The highest BCUT2D eigenvalue weighted by molar-refractivity contribution is 5.83. The number of benzene rings is 2. The number of hydrogen-bond acceptors (Lipinski definition) is 3. The van der Waals surface area contributed by atoms with Gasteiger partial charge in [0.25, 0.3) is 0 Å². The van der Waals surface area contributed by atoms with Crippen molar-refractivity contribution in [1.29, 1.82) is 0 Å². The molecule has 2 aromatic rings. The number of piperidine rings is 1. The maximum atomic E-state index is 11.9. The number of likely N-dealkylation sites (tertiary alicyclic amines) is 1. The van der Waals surface area contributed by atoms with Gasteiger partial charge >= 0.3 is 0 Å². The number of guanidine groups is 1. The Hall–Kier alpha value is -2.60. The minimum absolute atomic E-state index is 0.168. The number of aliphatic imine (C=N–C) groups is 1. The predicted molar refractivity (Wildman–Crippen MR) is 120 cm³/mol. The summed E-state index contributed by atoms with van der Waals surface area (Å²) in [6, 6.07) is 15.3. The third-order valence-electron chi connectivity index (χ3n) is 5.36. The summed E-state index contributed by atoms with van der Waals surface area (Å²) in [6.45, 7) is 5.94. The number of carbonyl (C=O) groups is 1. The lowest BCUT2D eigenvalue weighted by Gasteiger charge is -2.33. The molecule has 1 amide bonds. The van der Waals surface area contributed by atoms with E-state index >= 15 is 0 Å². The molecule has 3 rings (SSSR count). The van der Waals surface area contributed by atoms with Crippen LogP contribution in [0.1, 0.15) is 25.3 Å². The Labute approximate surface area is 174 Å². The van der Waals surface area contributed by atoms with Crippen LogP contribution in [0.15, 0.2) is 47.5 Å². The Balaban J connectivity index is 1.55. The van der Waals surface area contributed by atoms with Gasteiger partial charge in [-0.25, -0.2) is 4.99 Å². The zero-order chi connectivity index (χ0) is 20.6. The number of fused-ring (bicyclic) bond motifs is 1. The van der Waals surface area contributed by atoms with Crippen LogP contribution in [-0.4, -0.2) is 68.0 Å². The van der Waals surface area contributed by atoms with Gasteiger partial charge in [-0.05, 0) is 42.2 Å². The van der Waals surface area contributed by atoms with Gasteiger partial charge in [0.1, 0.15) is 0 Å². The van der Waals surface area contributed by atoms with Crippen LogP contribution in [0.5, 0.6) is 0 Å². The van der Waals surface area contributed by atoms with Crippen LogP contribution < -0.4 is 10.6 Å². The van der Waals surface area contributed by atoms with Crippen LogP contribution in [0, 0.1) is 0 Å². The normalized spacial score (nSPS) is 16.0. The quantitative estimate of drug-likeness (QED) is 0.583. The molecule has 0 spiro atoms. The number of likely N-dealkylation sites (N-methyl/N-ethyl adjacent to an activating group) is 1. The molecule has 0 bridgehead atoms. The second-order valence-corrected chi connectivity index (χ2v) is 7.86. The first-order chi connectivity index (χ1) is 14.0. The fourth-order valence-electron chi connectivity index (χ4n) is 3.59. The highest BCUT2D eigenvalue weighted by Crippen LogP contribution is 2.16. The second kappa shape index (κ2) is 10.3. The molecule has 1 heterocycles. The Bertz CT molecular complexity index is 840. The number of carbonyl (C=O) groups excluding carboxylic acids is 1. The maximum absolute atomic E-state index is 11.9. The Morgan fingerprint density at radius 1 is 1.14 bits per heavy atom. The minimum atomic E-state index is 0.168. The van der Waals surface area contributed by atoms with Gasteiger partial charge in [-0.15, -0.1) is 0 Å². The summed E-state index contributed by atoms with van der Waals surface area (Å²) in [6.07, 6.45) is 2.03. The third kappa shape index (κ3) is 6.19. The van der Waals surface area contributed by atoms with Crippen molar-refractivity contribution in [3.63, 3.8) is 0 Å². The first-order valence-electron chi connectivity index (χ1n) is 10.5. The van der Waals surface area contributed by atoms with Gasteiger partial charge in [-0.2, -0.15) is 0 Å². The van der Waals surface area contributed by atoms with Crippen molar-refractivity contribution in [1.82, 2.24) is 20.4 Å². The molecular formula is C23H33N5O. The molecule has 6 nitrogen and oxygen atoms in total. The molecule has 0 radical (unpaired) electrons. The molecule has 1 fully saturated rings. The smallest absolute Gasteiger partial charge is 0.236 e. The van der Waals surface area contributed by atoms with Gasteiger partial charge < -0.3 is 15.5 Å². The zero-order valence-electron chi connectivity index (χ0n) is 17.8. The standard InChI is InChI=1S/C23H33N5O/c1-4-24-23(25-16-18-9-10-19-7-5-6-8-20(19)15-18)26-21-11-13-28(14-12-21)17-22(29)27(2)3/h5-10,15,21H,4,11-14,16-17H2,1-3H3,(H2,24,25,26). The average Bonchev–Trinajstić information content (AvgIpc) is 2.73. The summed E-state index contributed by atoms with van der Waals surface area (Å²) < 4.78 is 0. The van der Waals surface area contributed by atoms with E-state index in [0.717, 1.165) is 38.4 Å². The molecule has 6 heteroatoms. The molecule has 2 N–H and O–H groups in total. The van der Waals surface area contributed by atoms with Crippen molar-refractivity contribution < 1.29 is 4.79 Å². The first-order valence-corrected chi connectivity index (χ1v) is 10.5. The highest BCUT2D eigenvalue weighted by atomic mass is 16.2. The van der Waals surface area contributed by atoms with E-state index < -0.39 is 0 Å². The van der Waals surface area contributed by atoms with Gasteiger partial charge in [0.05, 0.1) is 13.1 Å². The van der Waals surface area contributed by atoms with Crippen LogP contribution in [0.25, 0.3) is 10.8 Å². The van der Waals surface area contributed by atoms with E-state index in [1.807, 2.05) is 14.1 Å².